The molecule has 0 radical (unpaired) electrons. The molecule has 1 N–H and O–H groups in total. The van der Waals surface area contributed by atoms with Crippen LogP contribution in [0.5, 0.6) is 0 Å². The van der Waals surface area contributed by atoms with Crippen molar-refractivity contribution in [3.05, 3.63) is 52.1 Å². The summed E-state index contributed by atoms with van der Waals surface area (Å²) in [5.41, 5.74) is 0.482. The third-order valence-electron chi connectivity index (χ3n) is 2.62. The van der Waals surface area contributed by atoms with Gasteiger partial charge in [0.1, 0.15) is 5.69 Å². The van der Waals surface area contributed by atoms with Crippen molar-refractivity contribution >= 4 is 23.0 Å². The minimum absolute atomic E-state index is 0.0343. The summed E-state index contributed by atoms with van der Waals surface area (Å²) in [6.07, 6.45) is 6.17. The van der Waals surface area contributed by atoms with E-state index >= 15 is 0 Å². The summed E-state index contributed by atoms with van der Waals surface area (Å²) in [6, 6.07) is 4.48. The van der Waals surface area contributed by atoms with Crippen LogP contribution in [0.15, 0.2) is 36.9 Å². The standard InChI is InChI=1S/C12H13ClN4O2/c13-10-2-3-12(17(18)19)11(8-10)15-4-1-6-16-7-5-14-9-16/h2-3,5,7-9,15H,1,4,6H2. The molecular weight excluding hydrogens is 268 g/mol. The van der Waals surface area contributed by atoms with Gasteiger partial charge >= 0.3 is 0 Å². The molecular formula is C12H13ClN4O2. The van der Waals surface area contributed by atoms with Crippen LogP contribution >= 0.6 is 11.6 Å². The Morgan fingerprint density at radius 2 is 2.32 bits per heavy atom. The SMILES string of the molecule is O=[N+]([O-])c1ccc(Cl)cc1NCCCn1ccnc1. The molecule has 2 aromatic rings. The van der Waals surface area contributed by atoms with E-state index in [-0.39, 0.29) is 5.69 Å². The second-order valence-electron chi connectivity index (χ2n) is 4.00. The molecule has 0 aliphatic carbocycles. The number of nitro groups is 1. The van der Waals surface area contributed by atoms with Gasteiger partial charge in [-0.3, -0.25) is 10.1 Å². The second-order valence-corrected chi connectivity index (χ2v) is 4.44. The molecule has 0 saturated carbocycles. The predicted molar refractivity (Wildman–Crippen MR) is 73.4 cm³/mol. The molecule has 0 amide bonds. The first-order valence-corrected chi connectivity index (χ1v) is 6.18. The van der Waals surface area contributed by atoms with Gasteiger partial charge in [0.05, 0.1) is 11.3 Å². The predicted octanol–water partition coefficient (Wildman–Crippen LogP) is 2.95. The lowest BCUT2D eigenvalue weighted by atomic mass is 10.2. The van der Waals surface area contributed by atoms with Crippen molar-refractivity contribution in [1.29, 1.82) is 0 Å². The van der Waals surface area contributed by atoms with Crippen LogP contribution in [0.25, 0.3) is 0 Å². The van der Waals surface area contributed by atoms with Crippen LogP contribution < -0.4 is 5.32 Å². The van der Waals surface area contributed by atoms with Gasteiger partial charge in [0, 0.05) is 36.6 Å². The Bertz CT molecular complexity index is 557. The van der Waals surface area contributed by atoms with E-state index in [1.807, 2.05) is 10.8 Å². The molecule has 2 rings (SSSR count). The highest BCUT2D eigenvalue weighted by molar-refractivity contribution is 6.31. The van der Waals surface area contributed by atoms with E-state index in [2.05, 4.69) is 10.3 Å². The first kappa shape index (κ1) is 13.4. The third kappa shape index (κ3) is 3.69. The number of nitro benzene ring substituents is 1. The molecule has 100 valence electrons. The fourth-order valence-corrected chi connectivity index (χ4v) is 1.88. The lowest BCUT2D eigenvalue weighted by molar-refractivity contribution is -0.384. The van der Waals surface area contributed by atoms with E-state index in [4.69, 9.17) is 11.6 Å². The maximum absolute atomic E-state index is 10.9. The van der Waals surface area contributed by atoms with Crippen LogP contribution in [0.4, 0.5) is 11.4 Å². The Labute approximate surface area is 115 Å². The van der Waals surface area contributed by atoms with E-state index in [1.165, 1.54) is 12.1 Å². The van der Waals surface area contributed by atoms with Gasteiger partial charge in [0.25, 0.3) is 5.69 Å². The van der Waals surface area contributed by atoms with E-state index < -0.39 is 4.92 Å². The zero-order chi connectivity index (χ0) is 13.7. The van der Waals surface area contributed by atoms with Gasteiger partial charge < -0.3 is 9.88 Å². The van der Waals surface area contributed by atoms with Crippen LogP contribution in [-0.2, 0) is 6.54 Å². The number of imidazole rings is 1. The third-order valence-corrected chi connectivity index (χ3v) is 2.86. The summed E-state index contributed by atoms with van der Waals surface area (Å²) in [5, 5.41) is 14.4. The van der Waals surface area contributed by atoms with E-state index in [9.17, 15) is 10.1 Å². The van der Waals surface area contributed by atoms with Crippen molar-refractivity contribution in [2.45, 2.75) is 13.0 Å². The molecule has 19 heavy (non-hydrogen) atoms. The zero-order valence-corrected chi connectivity index (χ0v) is 10.9. The molecule has 0 aliphatic rings. The minimum Gasteiger partial charge on any atom is -0.379 e. The Kier molecular flexibility index (Phi) is 4.35. The van der Waals surface area contributed by atoms with Crippen molar-refractivity contribution in [2.24, 2.45) is 0 Å². The van der Waals surface area contributed by atoms with Crippen LogP contribution in [0.3, 0.4) is 0 Å². The molecule has 0 unspecified atom stereocenters. The van der Waals surface area contributed by atoms with Gasteiger partial charge in [-0.1, -0.05) is 11.6 Å². The van der Waals surface area contributed by atoms with Crippen molar-refractivity contribution in [3.8, 4) is 0 Å². The highest BCUT2D eigenvalue weighted by Gasteiger charge is 2.13. The smallest absolute Gasteiger partial charge is 0.292 e. The summed E-state index contributed by atoms with van der Waals surface area (Å²) in [4.78, 5) is 14.4. The largest absolute Gasteiger partial charge is 0.379 e. The lowest BCUT2D eigenvalue weighted by Crippen LogP contribution is -2.07. The van der Waals surface area contributed by atoms with E-state index in [1.54, 1.807) is 18.6 Å². The van der Waals surface area contributed by atoms with Gasteiger partial charge in [0.2, 0.25) is 0 Å². The van der Waals surface area contributed by atoms with Gasteiger partial charge in [-0.25, -0.2) is 4.98 Å². The monoisotopic (exact) mass is 280 g/mol. The molecule has 0 fully saturated rings. The molecule has 1 aromatic carbocycles. The molecule has 0 atom stereocenters. The van der Waals surface area contributed by atoms with Gasteiger partial charge in [-0.05, 0) is 18.6 Å². The average molecular weight is 281 g/mol. The van der Waals surface area contributed by atoms with Crippen molar-refractivity contribution in [1.82, 2.24) is 9.55 Å². The maximum Gasteiger partial charge on any atom is 0.292 e. The molecule has 0 spiro atoms. The fourth-order valence-electron chi connectivity index (χ4n) is 1.71. The number of aromatic nitrogens is 2. The van der Waals surface area contributed by atoms with Gasteiger partial charge in [-0.15, -0.1) is 0 Å². The van der Waals surface area contributed by atoms with Crippen molar-refractivity contribution < 1.29 is 4.92 Å². The molecule has 0 saturated heterocycles. The Hall–Kier alpha value is -2.08. The summed E-state index contributed by atoms with van der Waals surface area (Å²) in [7, 11) is 0. The maximum atomic E-state index is 10.9. The van der Waals surface area contributed by atoms with E-state index in [0.29, 0.717) is 17.3 Å². The summed E-state index contributed by atoms with van der Waals surface area (Å²) in [5.74, 6) is 0. The number of hydrogen-bond donors (Lipinski definition) is 1. The van der Waals surface area contributed by atoms with Crippen LogP contribution in [0.2, 0.25) is 5.02 Å². The average Bonchev–Trinajstić information content (AvgIpc) is 2.87. The highest BCUT2D eigenvalue weighted by Crippen LogP contribution is 2.27. The molecule has 6 nitrogen and oxygen atoms in total. The first-order valence-electron chi connectivity index (χ1n) is 5.80. The summed E-state index contributed by atoms with van der Waals surface area (Å²) >= 11 is 5.84. The fraction of sp³-hybridized carbons (Fsp3) is 0.250. The number of anilines is 1. The second kappa shape index (κ2) is 6.19. The van der Waals surface area contributed by atoms with Gasteiger partial charge in [-0.2, -0.15) is 0 Å². The Balaban J connectivity index is 1.91. The van der Waals surface area contributed by atoms with Crippen LogP contribution in [0, 0.1) is 10.1 Å². The molecule has 7 heteroatoms. The summed E-state index contributed by atoms with van der Waals surface area (Å²) < 4.78 is 1.95. The quantitative estimate of drug-likeness (QED) is 0.501. The van der Waals surface area contributed by atoms with Crippen LogP contribution in [0.1, 0.15) is 6.42 Å². The molecule has 1 heterocycles. The molecule has 0 aliphatic heterocycles. The number of nitrogens with one attached hydrogen (secondary N) is 1. The van der Waals surface area contributed by atoms with Crippen molar-refractivity contribution in [3.63, 3.8) is 0 Å². The topological polar surface area (TPSA) is 73.0 Å². The number of benzene rings is 1. The number of hydrogen-bond acceptors (Lipinski definition) is 4. The Morgan fingerprint density at radius 3 is 3.00 bits per heavy atom. The van der Waals surface area contributed by atoms with E-state index in [0.717, 1.165) is 13.0 Å². The van der Waals surface area contributed by atoms with Gasteiger partial charge in [0.15, 0.2) is 0 Å². The lowest BCUT2D eigenvalue weighted by Gasteiger charge is -2.07. The number of aryl methyl sites for hydroxylation is 1. The number of nitrogens with zero attached hydrogens (tertiary/aromatic N) is 3. The number of rotatable bonds is 6. The molecule has 0 bridgehead atoms. The first-order chi connectivity index (χ1) is 9.16. The normalized spacial score (nSPS) is 10.4. The summed E-state index contributed by atoms with van der Waals surface area (Å²) in [6.45, 7) is 1.43. The van der Waals surface area contributed by atoms with Crippen LogP contribution in [-0.4, -0.2) is 21.0 Å². The van der Waals surface area contributed by atoms with Crippen molar-refractivity contribution in [2.75, 3.05) is 11.9 Å². The minimum atomic E-state index is -0.422. The number of halogens is 1. The zero-order valence-electron chi connectivity index (χ0n) is 10.1. The Morgan fingerprint density at radius 1 is 1.47 bits per heavy atom. The highest BCUT2D eigenvalue weighted by atomic mass is 35.5. The molecule has 1 aromatic heterocycles.